The van der Waals surface area contributed by atoms with E-state index >= 15 is 0 Å². The minimum atomic E-state index is -2.32. The molecule has 4 saturated heterocycles. The summed E-state index contributed by atoms with van der Waals surface area (Å²) in [6.45, 7) is 13.8. The van der Waals surface area contributed by atoms with Gasteiger partial charge < -0.3 is 19.3 Å². The summed E-state index contributed by atoms with van der Waals surface area (Å²) in [5, 5.41) is 0. The summed E-state index contributed by atoms with van der Waals surface area (Å²) in [6.07, 6.45) is -1.32. The molecule has 4 aliphatic rings. The first-order chi connectivity index (χ1) is 30.0. The normalized spacial score (nSPS) is 23.4. The van der Waals surface area contributed by atoms with Crippen LogP contribution in [0.4, 0.5) is 0 Å². The zero-order chi connectivity index (χ0) is 44.4. The summed E-state index contributed by atoms with van der Waals surface area (Å²) in [5.41, 5.74) is 1.72. The van der Waals surface area contributed by atoms with Crippen molar-refractivity contribution in [2.24, 2.45) is 11.8 Å². The lowest BCUT2D eigenvalue weighted by atomic mass is 9.66. The Labute approximate surface area is 353 Å². The fourth-order valence-electron chi connectivity index (χ4n) is 9.27. The Morgan fingerprint density at radius 1 is 0.552 bits per heavy atom. The molecule has 4 aromatic carbocycles. The number of carbonyl (C=O) groups excluding carboxylic acids is 2. The van der Waals surface area contributed by atoms with E-state index < -0.39 is 29.6 Å². The van der Waals surface area contributed by atoms with E-state index in [0.29, 0.717) is 44.0 Å². The number of carbonyl (C=O) groups is 2. The molecule has 0 aromatic heterocycles. The van der Waals surface area contributed by atoms with Crippen molar-refractivity contribution in [2.45, 2.75) is 51.3 Å². The molecule has 0 radical (unpaired) electrons. The zero-order valence-electron chi connectivity index (χ0n) is 39.0. The van der Waals surface area contributed by atoms with Crippen molar-refractivity contribution >= 4 is 11.8 Å². The molecule has 0 aliphatic carbocycles. The molecule has 2 atom stereocenters. The highest BCUT2D eigenvalue weighted by molar-refractivity contribution is 5.95. The van der Waals surface area contributed by atoms with Gasteiger partial charge in [0.2, 0.25) is 11.8 Å². The Balaban J connectivity index is 0.000000201. The van der Waals surface area contributed by atoms with E-state index in [0.717, 1.165) is 63.5 Å². The minimum absolute atomic E-state index is 0.149. The van der Waals surface area contributed by atoms with Gasteiger partial charge in [-0.1, -0.05) is 135 Å². The second-order valence-corrected chi connectivity index (χ2v) is 15.1. The first-order valence-corrected chi connectivity index (χ1v) is 21.5. The van der Waals surface area contributed by atoms with Crippen LogP contribution in [-0.4, -0.2) is 123 Å². The van der Waals surface area contributed by atoms with Crippen LogP contribution in [0.2, 0.25) is 0 Å². The molecule has 2 amide bonds. The maximum absolute atomic E-state index is 14.0. The molecule has 4 aliphatic heterocycles. The van der Waals surface area contributed by atoms with Crippen LogP contribution in [0.1, 0.15) is 68.2 Å². The molecule has 58 heavy (non-hydrogen) atoms. The van der Waals surface area contributed by atoms with Crippen LogP contribution in [0.25, 0.3) is 0 Å². The molecule has 310 valence electrons. The average molecular weight is 791 g/mol. The van der Waals surface area contributed by atoms with Crippen LogP contribution in [0.5, 0.6) is 0 Å². The van der Waals surface area contributed by atoms with E-state index in [1.165, 1.54) is 4.90 Å². The van der Waals surface area contributed by atoms with Gasteiger partial charge in [0.05, 0.1) is 26.4 Å². The standard InChI is InChI=1S/2C24H30N2O2.C2H6/c2*1-2-26-19-22(13-14-25-15-17-28-18-16-25)24(23(26)27,20-9-5-3-6-10-20)21-11-7-4-8-12-21;1-2/h2*3-12,22H,2,13-19H2,1H3;1-2H3/t22-;;/m0../s1/i;13D2,14D2;. The summed E-state index contributed by atoms with van der Waals surface area (Å²) in [5.74, 6) is -0.596. The lowest BCUT2D eigenvalue weighted by Gasteiger charge is -2.36. The summed E-state index contributed by atoms with van der Waals surface area (Å²) in [4.78, 5) is 35.5. The van der Waals surface area contributed by atoms with Crippen molar-refractivity contribution in [2.75, 3.05) is 91.8 Å². The summed E-state index contributed by atoms with van der Waals surface area (Å²) < 4.78 is 47.1. The molecule has 4 fully saturated rings. The minimum Gasteiger partial charge on any atom is -0.379 e. The topological polar surface area (TPSA) is 65.6 Å². The third-order valence-corrected chi connectivity index (χ3v) is 12.2. The Morgan fingerprint density at radius 3 is 1.28 bits per heavy atom. The Bertz CT molecular complexity index is 1920. The smallest absolute Gasteiger partial charge is 0.238 e. The largest absolute Gasteiger partial charge is 0.379 e. The number of morpholine rings is 2. The van der Waals surface area contributed by atoms with E-state index in [1.54, 1.807) is 4.90 Å². The molecule has 8 rings (SSSR count). The lowest BCUT2D eigenvalue weighted by Crippen LogP contribution is -2.43. The predicted molar refractivity (Wildman–Crippen MR) is 234 cm³/mol. The average Bonchev–Trinajstić information content (AvgIpc) is 3.81. The number of ether oxygens (including phenoxy) is 2. The van der Waals surface area contributed by atoms with E-state index in [4.69, 9.17) is 12.2 Å². The van der Waals surface area contributed by atoms with Gasteiger partial charge in [0.25, 0.3) is 0 Å². The van der Waals surface area contributed by atoms with Gasteiger partial charge >= 0.3 is 0 Å². The Hall–Kier alpha value is -4.34. The zero-order valence-corrected chi connectivity index (χ0v) is 35.0. The molecule has 0 spiro atoms. The number of rotatable bonds is 12. The molecule has 0 saturated carbocycles. The molecular formula is C50H66N4O4. The van der Waals surface area contributed by atoms with Crippen molar-refractivity contribution in [3.8, 4) is 0 Å². The van der Waals surface area contributed by atoms with Crippen LogP contribution < -0.4 is 0 Å². The molecule has 8 heteroatoms. The van der Waals surface area contributed by atoms with Crippen molar-refractivity contribution in [1.82, 2.24) is 19.6 Å². The highest BCUT2D eigenvalue weighted by Gasteiger charge is 2.56. The molecule has 4 aromatic rings. The van der Waals surface area contributed by atoms with Crippen LogP contribution in [0.3, 0.4) is 0 Å². The Morgan fingerprint density at radius 2 is 0.897 bits per heavy atom. The molecule has 8 nitrogen and oxygen atoms in total. The number of likely N-dealkylation sites (tertiary alicyclic amines) is 2. The van der Waals surface area contributed by atoms with E-state index in [1.807, 2.05) is 98.5 Å². The second kappa shape index (κ2) is 21.1. The molecule has 0 N–H and O–H groups in total. The summed E-state index contributed by atoms with van der Waals surface area (Å²) >= 11 is 0. The predicted octanol–water partition coefficient (Wildman–Crippen LogP) is 7.37. The van der Waals surface area contributed by atoms with Crippen molar-refractivity contribution < 1.29 is 24.5 Å². The SMILES string of the molecule is CC.CCN1C[C@H](CCN2CCOCC2)C(c2ccccc2)(c2ccccc2)C1=O.[2H]C([2H])(C1CN(CC)C(=O)C1(c1ccccc1)c1ccccc1)C([2H])([2H])N1CCOCC1. The Kier molecular flexibility index (Phi) is 13.8. The highest BCUT2D eigenvalue weighted by Crippen LogP contribution is 2.48. The number of nitrogens with zero attached hydrogens (tertiary/aromatic N) is 4. The lowest BCUT2D eigenvalue weighted by molar-refractivity contribution is -0.132. The molecule has 1 unspecified atom stereocenters. The van der Waals surface area contributed by atoms with Crippen LogP contribution in [0.15, 0.2) is 121 Å². The van der Waals surface area contributed by atoms with Gasteiger partial charge in [0, 0.05) is 69.7 Å². The maximum atomic E-state index is 14.0. The number of hydrogen-bond acceptors (Lipinski definition) is 6. The molecular weight excluding hydrogens is 721 g/mol. The van der Waals surface area contributed by atoms with Gasteiger partial charge in [0.15, 0.2) is 0 Å². The number of hydrogen-bond donors (Lipinski definition) is 0. The van der Waals surface area contributed by atoms with Crippen LogP contribution in [-0.2, 0) is 29.9 Å². The second-order valence-electron chi connectivity index (χ2n) is 15.1. The number of likely N-dealkylation sites (N-methyl/N-ethyl adjacent to an activating group) is 2. The van der Waals surface area contributed by atoms with Gasteiger partial charge in [-0.15, -0.1) is 0 Å². The summed E-state index contributed by atoms with van der Waals surface area (Å²) in [7, 11) is 0. The van der Waals surface area contributed by atoms with Gasteiger partial charge in [0.1, 0.15) is 10.8 Å². The first kappa shape index (κ1) is 37.9. The number of amides is 2. The van der Waals surface area contributed by atoms with Gasteiger partial charge in [-0.05, 0) is 61.9 Å². The number of benzene rings is 4. The quantitative estimate of drug-likeness (QED) is 0.150. The van der Waals surface area contributed by atoms with Crippen LogP contribution >= 0.6 is 0 Å². The monoisotopic (exact) mass is 791 g/mol. The molecule has 4 heterocycles. The fraction of sp³-hybridized carbons (Fsp3) is 0.480. The molecule has 0 bridgehead atoms. The van der Waals surface area contributed by atoms with E-state index in [2.05, 4.69) is 60.4 Å². The fourth-order valence-corrected chi connectivity index (χ4v) is 9.27. The van der Waals surface area contributed by atoms with Crippen LogP contribution in [0, 0.1) is 11.8 Å². The van der Waals surface area contributed by atoms with E-state index in [9.17, 15) is 12.3 Å². The third kappa shape index (κ3) is 8.96. The van der Waals surface area contributed by atoms with Gasteiger partial charge in [-0.25, -0.2) is 0 Å². The van der Waals surface area contributed by atoms with Crippen molar-refractivity contribution in [1.29, 1.82) is 0 Å². The van der Waals surface area contributed by atoms with Gasteiger partial charge in [-0.2, -0.15) is 0 Å². The third-order valence-electron chi connectivity index (χ3n) is 12.2. The van der Waals surface area contributed by atoms with E-state index in [-0.39, 0.29) is 24.3 Å². The highest BCUT2D eigenvalue weighted by atomic mass is 16.5. The first-order valence-electron chi connectivity index (χ1n) is 23.5. The maximum Gasteiger partial charge on any atom is 0.238 e. The summed E-state index contributed by atoms with van der Waals surface area (Å²) in [6, 6.07) is 39.4. The van der Waals surface area contributed by atoms with Crippen molar-refractivity contribution in [3.05, 3.63) is 144 Å². The van der Waals surface area contributed by atoms with Gasteiger partial charge in [-0.3, -0.25) is 19.4 Å². The van der Waals surface area contributed by atoms with Crippen molar-refractivity contribution in [3.63, 3.8) is 0 Å².